The van der Waals surface area contributed by atoms with Gasteiger partial charge in [0.2, 0.25) is 5.91 Å². The number of alkyl halides is 5. The molecule has 0 aliphatic rings. The van der Waals surface area contributed by atoms with Gasteiger partial charge in [0.05, 0.1) is 22.1 Å². The number of carbonyl (C=O) groups excluding carboxylic acids is 1. The van der Waals surface area contributed by atoms with Crippen molar-refractivity contribution in [2.45, 2.75) is 19.2 Å². The fourth-order valence-corrected chi connectivity index (χ4v) is 3.00. The Bertz CT molecular complexity index is 814. The molecule has 0 saturated carbocycles. The van der Waals surface area contributed by atoms with Crippen LogP contribution in [-0.4, -0.2) is 12.5 Å². The number of nitrogens with one attached hydrogen (secondary N) is 1. The minimum atomic E-state index is -4.54. The molecule has 1 amide bonds. The summed E-state index contributed by atoms with van der Waals surface area (Å²) in [7, 11) is 0. The molecule has 2 rings (SSSR count). The second-order valence-corrected chi connectivity index (χ2v) is 6.36. The van der Waals surface area contributed by atoms with E-state index in [-0.39, 0.29) is 26.5 Å². The van der Waals surface area contributed by atoms with E-state index >= 15 is 0 Å². The maximum absolute atomic E-state index is 12.7. The molecule has 1 N–H and O–H groups in total. The number of halogens is 7. The van der Waals surface area contributed by atoms with Crippen LogP contribution in [0, 0.1) is 0 Å². The lowest BCUT2D eigenvalue weighted by atomic mass is 10.1. The highest BCUT2D eigenvalue weighted by atomic mass is 79.9. The topological polar surface area (TPSA) is 38.3 Å². The molecular weight excluding hydrogens is 449 g/mol. The van der Waals surface area contributed by atoms with Crippen LogP contribution >= 0.6 is 27.5 Å². The van der Waals surface area contributed by atoms with Crippen molar-refractivity contribution in [3.63, 3.8) is 0 Å². The number of carbonyl (C=O) groups is 1. The quantitative estimate of drug-likeness (QED) is 0.566. The zero-order chi connectivity index (χ0) is 19.5. The summed E-state index contributed by atoms with van der Waals surface area (Å²) >= 11 is 8.82. The molecule has 0 atom stereocenters. The number of amides is 1. The van der Waals surface area contributed by atoms with E-state index in [0.717, 1.165) is 12.1 Å². The second-order valence-electron chi connectivity index (χ2n) is 5.07. The largest absolute Gasteiger partial charge is 0.431 e. The Balaban J connectivity index is 2.20. The Morgan fingerprint density at radius 2 is 1.92 bits per heavy atom. The van der Waals surface area contributed by atoms with Gasteiger partial charge in [0, 0.05) is 5.02 Å². The summed E-state index contributed by atoms with van der Waals surface area (Å²) in [5.74, 6) is -1.07. The lowest BCUT2D eigenvalue weighted by Gasteiger charge is -2.14. The van der Waals surface area contributed by atoms with Gasteiger partial charge in [0.1, 0.15) is 0 Å². The highest BCUT2D eigenvalue weighted by Gasteiger charge is 2.30. The Morgan fingerprint density at radius 1 is 1.23 bits per heavy atom. The van der Waals surface area contributed by atoms with Gasteiger partial charge in [-0.15, -0.1) is 0 Å². The van der Waals surface area contributed by atoms with E-state index in [1.807, 2.05) is 0 Å². The smallest absolute Gasteiger partial charge is 0.416 e. The van der Waals surface area contributed by atoms with Gasteiger partial charge in [-0.25, -0.2) is 0 Å². The third kappa shape index (κ3) is 5.57. The summed E-state index contributed by atoms with van der Waals surface area (Å²) in [5.41, 5.74) is -0.925. The van der Waals surface area contributed by atoms with Crippen LogP contribution in [0.25, 0.3) is 0 Å². The van der Waals surface area contributed by atoms with Crippen molar-refractivity contribution in [2.24, 2.45) is 0 Å². The molecule has 2 aromatic carbocycles. The van der Waals surface area contributed by atoms with Crippen LogP contribution in [0.1, 0.15) is 11.1 Å². The fourth-order valence-electron chi connectivity index (χ4n) is 2.10. The normalized spacial score (nSPS) is 11.5. The van der Waals surface area contributed by atoms with Crippen molar-refractivity contribution in [3.8, 4) is 5.75 Å². The molecule has 0 fully saturated rings. The molecule has 0 radical (unpaired) electrons. The summed E-state index contributed by atoms with van der Waals surface area (Å²) in [6.07, 6.45) is -4.94. The predicted molar refractivity (Wildman–Crippen MR) is 89.6 cm³/mol. The molecule has 26 heavy (non-hydrogen) atoms. The van der Waals surface area contributed by atoms with Gasteiger partial charge in [-0.2, -0.15) is 22.0 Å². The van der Waals surface area contributed by atoms with Gasteiger partial charge in [-0.1, -0.05) is 29.8 Å². The maximum atomic E-state index is 12.7. The van der Waals surface area contributed by atoms with Crippen LogP contribution < -0.4 is 10.1 Å². The van der Waals surface area contributed by atoms with Crippen LogP contribution in [0.15, 0.2) is 40.9 Å². The lowest BCUT2D eigenvalue weighted by Crippen LogP contribution is -2.16. The third-order valence-corrected chi connectivity index (χ3v) is 3.92. The van der Waals surface area contributed by atoms with Gasteiger partial charge in [-0.05, 0) is 39.7 Å². The number of rotatable bonds is 5. The van der Waals surface area contributed by atoms with Gasteiger partial charge >= 0.3 is 12.8 Å². The van der Waals surface area contributed by atoms with E-state index < -0.39 is 30.7 Å². The molecule has 3 nitrogen and oxygen atoms in total. The summed E-state index contributed by atoms with van der Waals surface area (Å²) in [6.45, 7) is -3.15. The molecule has 0 aromatic heterocycles. The van der Waals surface area contributed by atoms with Gasteiger partial charge in [0.25, 0.3) is 0 Å². The van der Waals surface area contributed by atoms with Gasteiger partial charge in [-0.3, -0.25) is 4.79 Å². The SMILES string of the molecule is O=C(Cc1cccc(C(F)(F)F)c1)Nc1cc(Cl)cc(Br)c1OC(F)F. The molecular formula is C16H10BrClF5NO2. The van der Waals surface area contributed by atoms with Crippen molar-refractivity contribution in [3.05, 3.63) is 57.0 Å². The van der Waals surface area contributed by atoms with Crippen molar-refractivity contribution < 1.29 is 31.5 Å². The van der Waals surface area contributed by atoms with Crippen LogP contribution in [0.5, 0.6) is 5.75 Å². The maximum Gasteiger partial charge on any atom is 0.416 e. The monoisotopic (exact) mass is 457 g/mol. The first-order valence-corrected chi connectivity index (χ1v) is 8.13. The summed E-state index contributed by atoms with van der Waals surface area (Å²) < 4.78 is 67.6. The first-order valence-electron chi connectivity index (χ1n) is 6.96. The molecule has 0 saturated heterocycles. The summed E-state index contributed by atoms with van der Waals surface area (Å²) in [4.78, 5) is 12.1. The number of ether oxygens (including phenoxy) is 1. The van der Waals surface area contributed by atoms with E-state index in [9.17, 15) is 26.7 Å². The lowest BCUT2D eigenvalue weighted by molar-refractivity contribution is -0.137. The minimum Gasteiger partial charge on any atom is -0.431 e. The average Bonchev–Trinajstić information content (AvgIpc) is 2.49. The number of hydrogen-bond acceptors (Lipinski definition) is 2. The summed E-state index contributed by atoms with van der Waals surface area (Å²) in [5, 5.41) is 2.44. The number of anilines is 1. The van der Waals surface area contributed by atoms with E-state index in [2.05, 4.69) is 26.0 Å². The molecule has 10 heteroatoms. The van der Waals surface area contributed by atoms with Gasteiger partial charge in [0.15, 0.2) is 5.75 Å². The molecule has 140 valence electrons. The van der Waals surface area contributed by atoms with E-state index in [0.29, 0.717) is 0 Å². The molecule has 0 bridgehead atoms. The van der Waals surface area contributed by atoms with Crippen molar-refractivity contribution in [1.29, 1.82) is 0 Å². The van der Waals surface area contributed by atoms with Crippen molar-refractivity contribution in [2.75, 3.05) is 5.32 Å². The predicted octanol–water partition coefficient (Wildman–Crippen LogP) is 5.90. The minimum absolute atomic E-state index is 0.0830. The van der Waals surface area contributed by atoms with Crippen LogP contribution in [-0.2, 0) is 17.4 Å². The molecule has 0 spiro atoms. The summed E-state index contributed by atoms with van der Waals surface area (Å²) in [6, 6.07) is 6.72. The van der Waals surface area contributed by atoms with E-state index in [1.54, 1.807) is 0 Å². The van der Waals surface area contributed by atoms with Crippen LogP contribution in [0.4, 0.5) is 27.6 Å². The number of benzene rings is 2. The fraction of sp³-hybridized carbons (Fsp3) is 0.188. The zero-order valence-corrected chi connectivity index (χ0v) is 15.1. The Morgan fingerprint density at radius 3 is 2.54 bits per heavy atom. The van der Waals surface area contributed by atoms with Crippen molar-refractivity contribution in [1.82, 2.24) is 0 Å². The average molecular weight is 459 g/mol. The number of hydrogen-bond donors (Lipinski definition) is 1. The third-order valence-electron chi connectivity index (χ3n) is 3.11. The zero-order valence-electron chi connectivity index (χ0n) is 12.7. The Kier molecular flexibility index (Phi) is 6.46. The Hall–Kier alpha value is -1.87. The standard InChI is InChI=1S/C16H10BrClF5NO2/c17-11-6-10(18)7-12(14(11)26-15(19)20)24-13(25)5-8-2-1-3-9(4-8)16(21,22)23/h1-4,6-7,15H,5H2,(H,24,25). The highest BCUT2D eigenvalue weighted by Crippen LogP contribution is 2.37. The first kappa shape index (κ1) is 20.4. The second kappa shape index (κ2) is 8.22. The van der Waals surface area contributed by atoms with Crippen molar-refractivity contribution >= 4 is 39.1 Å². The molecule has 0 aliphatic carbocycles. The molecule has 0 heterocycles. The molecule has 0 aliphatic heterocycles. The van der Waals surface area contributed by atoms with E-state index in [1.165, 1.54) is 24.3 Å². The van der Waals surface area contributed by atoms with Crippen LogP contribution in [0.2, 0.25) is 5.02 Å². The highest BCUT2D eigenvalue weighted by molar-refractivity contribution is 9.10. The molecule has 0 unspecified atom stereocenters. The Labute approximate surface area is 158 Å². The molecule has 2 aromatic rings. The van der Waals surface area contributed by atoms with Gasteiger partial charge < -0.3 is 10.1 Å². The van der Waals surface area contributed by atoms with Crippen LogP contribution in [0.3, 0.4) is 0 Å². The van der Waals surface area contributed by atoms with E-state index in [4.69, 9.17) is 11.6 Å². The first-order chi connectivity index (χ1) is 12.1.